The molecule has 3 nitrogen and oxygen atoms in total. The standard InChI is InChI=1S/C26H21O3P/c27-20-16-17-24(25(28)18-20)26(29)19-30(21-10-4-1-5-11-21,22-12-6-2-7-13-22)23-14-8-3-9-15-23/h1-19,27-28H. The first-order valence-electron chi connectivity index (χ1n) is 9.59. The van der Waals surface area contributed by atoms with Gasteiger partial charge in [0, 0.05) is 6.07 Å². The van der Waals surface area contributed by atoms with Gasteiger partial charge in [-0.1, -0.05) is 91.0 Å². The number of ketones is 1. The molecule has 0 radical (unpaired) electrons. The van der Waals surface area contributed by atoms with Crippen molar-refractivity contribution in [3.63, 3.8) is 0 Å². The van der Waals surface area contributed by atoms with Gasteiger partial charge < -0.3 is 10.2 Å². The Morgan fingerprint density at radius 2 is 1.07 bits per heavy atom. The van der Waals surface area contributed by atoms with E-state index < -0.39 is 6.89 Å². The molecule has 2 N–H and O–H groups in total. The van der Waals surface area contributed by atoms with Crippen LogP contribution in [0.3, 0.4) is 0 Å². The molecule has 0 atom stereocenters. The van der Waals surface area contributed by atoms with E-state index in [4.69, 9.17) is 0 Å². The Hall–Kier alpha value is -3.55. The van der Waals surface area contributed by atoms with Gasteiger partial charge in [-0.25, -0.2) is 0 Å². The average molecular weight is 412 g/mol. The summed E-state index contributed by atoms with van der Waals surface area (Å²) in [6, 6.07) is 34.1. The van der Waals surface area contributed by atoms with Crippen molar-refractivity contribution in [1.29, 1.82) is 0 Å². The number of carbonyl (C=O) groups excluding carboxylic acids is 1. The third-order valence-corrected chi connectivity index (χ3v) is 9.01. The zero-order chi connectivity index (χ0) is 21.0. The second kappa shape index (κ2) is 8.44. The maximum atomic E-state index is 13.4. The van der Waals surface area contributed by atoms with Gasteiger partial charge in [0.2, 0.25) is 0 Å². The summed E-state index contributed by atoms with van der Waals surface area (Å²) in [6.45, 7) is -2.45. The summed E-state index contributed by atoms with van der Waals surface area (Å²) >= 11 is 0. The molecular weight excluding hydrogens is 391 g/mol. The topological polar surface area (TPSA) is 57.5 Å². The molecule has 4 heteroatoms. The van der Waals surface area contributed by atoms with Crippen molar-refractivity contribution >= 4 is 34.4 Å². The molecule has 4 aromatic carbocycles. The van der Waals surface area contributed by atoms with E-state index in [1.54, 1.807) is 5.80 Å². The highest BCUT2D eigenvalue weighted by molar-refractivity contribution is 7.95. The number of hydrogen-bond acceptors (Lipinski definition) is 3. The van der Waals surface area contributed by atoms with Crippen molar-refractivity contribution in [3.05, 3.63) is 115 Å². The smallest absolute Gasteiger partial charge is 0.190 e. The minimum atomic E-state index is -2.45. The SMILES string of the molecule is O=C(C=P(c1ccccc1)(c1ccccc1)c1ccccc1)c1ccc(O)cc1O. The van der Waals surface area contributed by atoms with Crippen molar-refractivity contribution in [2.24, 2.45) is 0 Å². The Balaban J connectivity index is 2.07. The number of phenols is 2. The quantitative estimate of drug-likeness (QED) is 0.384. The van der Waals surface area contributed by atoms with Crippen LogP contribution in [0.4, 0.5) is 0 Å². The lowest BCUT2D eigenvalue weighted by Crippen LogP contribution is -2.28. The highest BCUT2D eigenvalue weighted by atomic mass is 31.2. The van der Waals surface area contributed by atoms with Gasteiger partial charge in [0.15, 0.2) is 5.78 Å². The van der Waals surface area contributed by atoms with E-state index >= 15 is 0 Å². The monoisotopic (exact) mass is 412 g/mol. The van der Waals surface area contributed by atoms with Crippen molar-refractivity contribution in [2.45, 2.75) is 0 Å². The Kier molecular flexibility index (Phi) is 5.56. The van der Waals surface area contributed by atoms with Gasteiger partial charge in [-0.15, -0.1) is 0 Å². The van der Waals surface area contributed by atoms with Crippen LogP contribution >= 0.6 is 6.89 Å². The Labute approximate surface area is 175 Å². The molecule has 0 saturated heterocycles. The molecule has 0 amide bonds. The lowest BCUT2D eigenvalue weighted by atomic mass is 10.1. The van der Waals surface area contributed by atoms with Crippen LogP contribution in [-0.4, -0.2) is 21.8 Å². The molecule has 0 aliphatic heterocycles. The number of Topliss-reactive ketones (excluding diaryl/α,β-unsaturated/α-hetero) is 1. The van der Waals surface area contributed by atoms with Crippen LogP contribution in [0.2, 0.25) is 0 Å². The van der Waals surface area contributed by atoms with E-state index in [2.05, 4.69) is 0 Å². The molecule has 0 heterocycles. The van der Waals surface area contributed by atoms with Gasteiger partial charge in [0.1, 0.15) is 11.5 Å². The van der Waals surface area contributed by atoms with Crippen molar-refractivity contribution < 1.29 is 15.0 Å². The third-order valence-electron chi connectivity index (χ3n) is 5.05. The summed E-state index contributed by atoms with van der Waals surface area (Å²) in [7, 11) is 0. The van der Waals surface area contributed by atoms with Crippen LogP contribution in [-0.2, 0) is 0 Å². The van der Waals surface area contributed by atoms with E-state index in [1.807, 2.05) is 91.0 Å². The maximum absolute atomic E-state index is 13.4. The molecule has 4 aromatic rings. The van der Waals surface area contributed by atoms with Crippen LogP contribution in [0, 0.1) is 0 Å². The molecule has 30 heavy (non-hydrogen) atoms. The van der Waals surface area contributed by atoms with Crippen LogP contribution in [0.1, 0.15) is 10.4 Å². The Bertz CT molecular complexity index is 1110. The van der Waals surface area contributed by atoms with E-state index in [9.17, 15) is 15.0 Å². The minimum Gasteiger partial charge on any atom is -0.508 e. The number of aromatic hydroxyl groups is 2. The summed E-state index contributed by atoms with van der Waals surface area (Å²) in [4.78, 5) is 13.4. The molecule has 0 saturated carbocycles. The fourth-order valence-electron chi connectivity index (χ4n) is 3.63. The molecule has 0 unspecified atom stereocenters. The largest absolute Gasteiger partial charge is 0.508 e. The average Bonchev–Trinajstić information content (AvgIpc) is 2.79. The number of phenolic OH excluding ortho intramolecular Hbond substituents is 2. The second-order valence-corrected chi connectivity index (χ2v) is 10.2. The molecule has 148 valence electrons. The minimum absolute atomic E-state index is 0.0840. The first kappa shape index (κ1) is 19.8. The lowest BCUT2D eigenvalue weighted by molar-refractivity contribution is 0.107. The van der Waals surface area contributed by atoms with Crippen molar-refractivity contribution in [2.75, 3.05) is 0 Å². The summed E-state index contributed by atoms with van der Waals surface area (Å²) in [5.41, 5.74) is 0.167. The maximum Gasteiger partial charge on any atom is 0.190 e. The molecule has 0 aliphatic carbocycles. The predicted octanol–water partition coefficient (Wildman–Crippen LogP) is 4.08. The van der Waals surface area contributed by atoms with E-state index in [-0.39, 0.29) is 22.8 Å². The lowest BCUT2D eigenvalue weighted by Gasteiger charge is -2.28. The van der Waals surface area contributed by atoms with Crippen LogP contribution < -0.4 is 15.9 Å². The third kappa shape index (κ3) is 3.68. The van der Waals surface area contributed by atoms with Gasteiger partial charge in [-0.05, 0) is 40.7 Å². The molecule has 0 spiro atoms. The van der Waals surface area contributed by atoms with E-state index in [1.165, 1.54) is 18.2 Å². The molecule has 0 aromatic heterocycles. The molecule has 0 aliphatic rings. The van der Waals surface area contributed by atoms with E-state index in [0.717, 1.165) is 15.9 Å². The highest BCUT2D eigenvalue weighted by Crippen LogP contribution is 2.44. The first-order chi connectivity index (χ1) is 14.6. The fraction of sp³-hybridized carbons (Fsp3) is 0. The summed E-state index contributed by atoms with van der Waals surface area (Å²) in [6.07, 6.45) is 0. The van der Waals surface area contributed by atoms with Crippen LogP contribution in [0.5, 0.6) is 11.5 Å². The molecule has 0 fully saturated rings. The van der Waals surface area contributed by atoms with Crippen molar-refractivity contribution in [3.8, 4) is 11.5 Å². The van der Waals surface area contributed by atoms with Crippen LogP contribution in [0.25, 0.3) is 0 Å². The number of hydrogen-bond donors (Lipinski definition) is 2. The predicted molar refractivity (Wildman–Crippen MR) is 125 cm³/mol. The second-order valence-electron chi connectivity index (χ2n) is 6.92. The molecule has 4 rings (SSSR count). The number of carbonyl (C=O) groups is 1. The highest BCUT2D eigenvalue weighted by Gasteiger charge is 2.27. The molecule has 0 bridgehead atoms. The number of rotatable bonds is 5. The number of benzene rings is 4. The van der Waals surface area contributed by atoms with Crippen molar-refractivity contribution in [1.82, 2.24) is 0 Å². The normalized spacial score (nSPS) is 11.1. The van der Waals surface area contributed by atoms with Crippen LogP contribution in [0.15, 0.2) is 109 Å². The molecular formula is C26H21O3P. The summed E-state index contributed by atoms with van der Waals surface area (Å²) in [5.74, 6) is 1.17. The Morgan fingerprint density at radius 3 is 1.47 bits per heavy atom. The first-order valence-corrected chi connectivity index (χ1v) is 11.4. The van der Waals surface area contributed by atoms with Gasteiger partial charge in [-0.2, -0.15) is 0 Å². The van der Waals surface area contributed by atoms with Gasteiger partial charge in [0.05, 0.1) is 5.56 Å². The summed E-state index contributed by atoms with van der Waals surface area (Å²) in [5, 5.41) is 23.0. The van der Waals surface area contributed by atoms with Gasteiger partial charge in [0.25, 0.3) is 0 Å². The van der Waals surface area contributed by atoms with Gasteiger partial charge >= 0.3 is 0 Å². The zero-order valence-corrected chi connectivity index (χ0v) is 17.1. The summed E-state index contributed by atoms with van der Waals surface area (Å²) < 4.78 is 0. The fourth-order valence-corrected chi connectivity index (χ4v) is 7.39. The Morgan fingerprint density at radius 1 is 0.633 bits per heavy atom. The van der Waals surface area contributed by atoms with Gasteiger partial charge in [-0.3, -0.25) is 4.79 Å². The van der Waals surface area contributed by atoms with E-state index in [0.29, 0.717) is 0 Å². The zero-order valence-electron chi connectivity index (χ0n) is 16.2.